The average molecular weight is 347 g/mol. The molecular formula is C18H17N7O. The zero-order valence-corrected chi connectivity index (χ0v) is 14.3. The number of hydrogen-bond donors (Lipinski definition) is 2. The van der Waals surface area contributed by atoms with E-state index >= 15 is 0 Å². The van der Waals surface area contributed by atoms with E-state index in [4.69, 9.17) is 0 Å². The van der Waals surface area contributed by atoms with E-state index in [0.29, 0.717) is 17.3 Å². The molecule has 130 valence electrons. The van der Waals surface area contributed by atoms with E-state index < -0.39 is 0 Å². The van der Waals surface area contributed by atoms with Crippen molar-refractivity contribution in [1.82, 2.24) is 29.7 Å². The molecule has 4 aromatic rings. The fourth-order valence-electron chi connectivity index (χ4n) is 2.67. The summed E-state index contributed by atoms with van der Waals surface area (Å²) < 4.78 is 1.92. The number of para-hydroxylation sites is 2. The number of carbonyl (C=O) groups excluding carboxylic acids is 1. The van der Waals surface area contributed by atoms with Crippen LogP contribution in [0.1, 0.15) is 30.5 Å². The number of anilines is 1. The Morgan fingerprint density at radius 2 is 1.96 bits per heavy atom. The van der Waals surface area contributed by atoms with Gasteiger partial charge in [0.05, 0.1) is 11.0 Å². The number of H-pyrrole nitrogens is 1. The van der Waals surface area contributed by atoms with E-state index in [9.17, 15) is 4.79 Å². The average Bonchev–Trinajstić information content (AvgIpc) is 3.29. The van der Waals surface area contributed by atoms with E-state index in [1.54, 1.807) is 12.4 Å². The Bertz CT molecular complexity index is 1050. The van der Waals surface area contributed by atoms with Gasteiger partial charge in [0.15, 0.2) is 11.6 Å². The number of pyridine rings is 1. The molecular weight excluding hydrogens is 330 g/mol. The van der Waals surface area contributed by atoms with Crippen LogP contribution in [0, 0.1) is 0 Å². The van der Waals surface area contributed by atoms with Gasteiger partial charge in [-0.05, 0) is 38.1 Å². The quantitative estimate of drug-likeness (QED) is 0.591. The Morgan fingerprint density at radius 1 is 1.12 bits per heavy atom. The number of nitrogens with one attached hydrogen (secondary N) is 2. The van der Waals surface area contributed by atoms with Gasteiger partial charge in [-0.15, -0.1) is 10.2 Å². The lowest BCUT2D eigenvalue weighted by Crippen LogP contribution is -2.15. The van der Waals surface area contributed by atoms with Gasteiger partial charge < -0.3 is 14.9 Å². The lowest BCUT2D eigenvalue weighted by atomic mass is 10.3. The zero-order chi connectivity index (χ0) is 18.1. The van der Waals surface area contributed by atoms with E-state index in [-0.39, 0.29) is 17.8 Å². The number of aromatic nitrogens is 6. The van der Waals surface area contributed by atoms with Crippen molar-refractivity contribution in [3.05, 3.63) is 54.6 Å². The van der Waals surface area contributed by atoms with Crippen molar-refractivity contribution >= 4 is 22.8 Å². The maximum absolute atomic E-state index is 12.5. The number of benzene rings is 1. The van der Waals surface area contributed by atoms with Crippen LogP contribution >= 0.6 is 0 Å². The first-order valence-electron chi connectivity index (χ1n) is 8.25. The van der Waals surface area contributed by atoms with Crippen molar-refractivity contribution in [3.63, 3.8) is 0 Å². The minimum atomic E-state index is -0.351. The van der Waals surface area contributed by atoms with Gasteiger partial charge in [-0.1, -0.05) is 18.2 Å². The molecule has 2 N–H and O–H groups in total. The first-order valence-corrected chi connectivity index (χ1v) is 8.25. The van der Waals surface area contributed by atoms with Gasteiger partial charge in [0.1, 0.15) is 17.8 Å². The largest absolute Gasteiger partial charge is 0.334 e. The highest BCUT2D eigenvalue weighted by atomic mass is 16.2. The van der Waals surface area contributed by atoms with E-state index in [0.717, 1.165) is 11.0 Å². The zero-order valence-electron chi connectivity index (χ0n) is 14.3. The molecule has 0 aliphatic heterocycles. The van der Waals surface area contributed by atoms with Crippen molar-refractivity contribution in [1.29, 1.82) is 0 Å². The molecule has 3 aromatic heterocycles. The van der Waals surface area contributed by atoms with E-state index in [2.05, 4.69) is 30.5 Å². The summed E-state index contributed by atoms with van der Waals surface area (Å²) in [5, 5.41) is 10.9. The fraction of sp³-hybridized carbons (Fsp3) is 0.167. The molecule has 8 heteroatoms. The highest BCUT2D eigenvalue weighted by molar-refractivity contribution is 6.02. The monoisotopic (exact) mass is 347 g/mol. The highest BCUT2D eigenvalue weighted by Gasteiger charge is 2.15. The Hall–Kier alpha value is -3.55. The van der Waals surface area contributed by atoms with Gasteiger partial charge in [0.25, 0.3) is 5.91 Å². The second kappa shape index (κ2) is 6.40. The Labute approximate surface area is 149 Å². The van der Waals surface area contributed by atoms with Gasteiger partial charge in [0.2, 0.25) is 0 Å². The molecule has 0 saturated heterocycles. The van der Waals surface area contributed by atoms with Gasteiger partial charge in [0, 0.05) is 6.04 Å². The molecule has 26 heavy (non-hydrogen) atoms. The van der Waals surface area contributed by atoms with Crippen molar-refractivity contribution in [2.24, 2.45) is 0 Å². The molecule has 0 aliphatic carbocycles. The number of carbonyl (C=O) groups is 1. The second-order valence-electron chi connectivity index (χ2n) is 6.12. The molecule has 0 bridgehead atoms. The standard InChI is InChI=1S/C18H17N7O/c1-11(2)25-10-19-24-17(25)14-8-5-9-15(20-14)23-18(26)16-21-12-6-3-4-7-13(12)22-16/h3-11H,1-2H3,(H,21,22)(H,20,23,26). The molecule has 1 amide bonds. The predicted octanol–water partition coefficient (Wildman–Crippen LogP) is 3.05. The molecule has 1 aromatic carbocycles. The summed E-state index contributed by atoms with van der Waals surface area (Å²) in [6.07, 6.45) is 1.67. The third-order valence-electron chi connectivity index (χ3n) is 3.95. The molecule has 8 nitrogen and oxygen atoms in total. The smallest absolute Gasteiger partial charge is 0.292 e. The summed E-state index contributed by atoms with van der Waals surface area (Å²) >= 11 is 0. The van der Waals surface area contributed by atoms with Crippen molar-refractivity contribution in [2.75, 3.05) is 5.32 Å². The summed E-state index contributed by atoms with van der Waals surface area (Å²) in [6, 6.07) is 13.1. The molecule has 0 unspecified atom stereocenters. The van der Waals surface area contributed by atoms with Crippen LogP contribution in [0.3, 0.4) is 0 Å². The Morgan fingerprint density at radius 3 is 2.77 bits per heavy atom. The van der Waals surface area contributed by atoms with Crippen LogP contribution in [-0.4, -0.2) is 35.6 Å². The number of rotatable bonds is 4. The van der Waals surface area contributed by atoms with Gasteiger partial charge in [-0.25, -0.2) is 9.97 Å². The first kappa shape index (κ1) is 15.9. The summed E-state index contributed by atoms with van der Waals surface area (Å²) in [6.45, 7) is 4.08. The van der Waals surface area contributed by atoms with Crippen LogP contribution in [-0.2, 0) is 0 Å². The number of fused-ring (bicyclic) bond motifs is 1. The second-order valence-corrected chi connectivity index (χ2v) is 6.12. The van der Waals surface area contributed by atoms with Crippen LogP contribution in [0.15, 0.2) is 48.8 Å². The predicted molar refractivity (Wildman–Crippen MR) is 97.7 cm³/mol. The third kappa shape index (κ3) is 2.92. The van der Waals surface area contributed by atoms with Crippen LogP contribution in [0.2, 0.25) is 0 Å². The molecule has 0 saturated carbocycles. The SMILES string of the molecule is CC(C)n1cnnc1-c1cccc(NC(=O)c2nc3ccccc3[nH]2)n1. The summed E-state index contributed by atoms with van der Waals surface area (Å²) in [5.41, 5.74) is 2.19. The minimum Gasteiger partial charge on any atom is -0.334 e. The molecule has 0 spiro atoms. The molecule has 0 atom stereocenters. The van der Waals surface area contributed by atoms with Crippen molar-refractivity contribution in [2.45, 2.75) is 19.9 Å². The normalized spacial score (nSPS) is 11.2. The van der Waals surface area contributed by atoms with Gasteiger partial charge in [-0.2, -0.15) is 0 Å². The molecule has 0 aliphatic rings. The molecule has 4 rings (SSSR count). The summed E-state index contributed by atoms with van der Waals surface area (Å²) in [7, 11) is 0. The number of aromatic amines is 1. The topological polar surface area (TPSA) is 101 Å². The van der Waals surface area contributed by atoms with Crippen LogP contribution in [0.4, 0.5) is 5.82 Å². The van der Waals surface area contributed by atoms with E-state index in [1.165, 1.54) is 0 Å². The van der Waals surface area contributed by atoms with E-state index in [1.807, 2.05) is 54.8 Å². The molecule has 0 fully saturated rings. The number of amides is 1. The Balaban J connectivity index is 1.60. The summed E-state index contributed by atoms with van der Waals surface area (Å²) in [4.78, 5) is 24.3. The third-order valence-corrected chi connectivity index (χ3v) is 3.95. The molecule has 3 heterocycles. The van der Waals surface area contributed by atoms with Crippen LogP contribution in [0.5, 0.6) is 0 Å². The fourth-order valence-corrected chi connectivity index (χ4v) is 2.67. The van der Waals surface area contributed by atoms with Crippen molar-refractivity contribution < 1.29 is 4.79 Å². The maximum atomic E-state index is 12.5. The minimum absolute atomic E-state index is 0.204. The molecule has 0 radical (unpaired) electrons. The van der Waals surface area contributed by atoms with Gasteiger partial charge >= 0.3 is 0 Å². The lowest BCUT2D eigenvalue weighted by molar-refractivity contribution is 0.101. The van der Waals surface area contributed by atoms with Crippen LogP contribution in [0.25, 0.3) is 22.6 Å². The Kier molecular flexibility index (Phi) is 3.92. The number of hydrogen-bond acceptors (Lipinski definition) is 5. The number of nitrogens with zero attached hydrogens (tertiary/aromatic N) is 5. The van der Waals surface area contributed by atoms with Gasteiger partial charge in [-0.3, -0.25) is 4.79 Å². The maximum Gasteiger partial charge on any atom is 0.292 e. The first-order chi connectivity index (χ1) is 12.6. The van der Waals surface area contributed by atoms with Crippen molar-refractivity contribution in [3.8, 4) is 11.5 Å². The summed E-state index contributed by atoms with van der Waals surface area (Å²) in [5.74, 6) is 0.964. The highest BCUT2D eigenvalue weighted by Crippen LogP contribution is 2.20. The van der Waals surface area contributed by atoms with Crippen LogP contribution < -0.4 is 5.32 Å². The number of imidazole rings is 1. The lowest BCUT2D eigenvalue weighted by Gasteiger charge is -2.10.